The molecule has 0 radical (unpaired) electrons. The number of carbonyl (C=O) groups excluding carboxylic acids is 2. The molecule has 2 amide bonds. The van der Waals surface area contributed by atoms with E-state index in [0.717, 1.165) is 37.1 Å². The number of aromatic amines is 1. The molecule has 2 aliphatic heterocycles. The number of rotatable bonds is 3. The van der Waals surface area contributed by atoms with Crippen molar-refractivity contribution in [3.05, 3.63) is 17.7 Å². The van der Waals surface area contributed by atoms with E-state index in [-0.39, 0.29) is 29.9 Å². The van der Waals surface area contributed by atoms with Gasteiger partial charge in [0.15, 0.2) is 0 Å². The summed E-state index contributed by atoms with van der Waals surface area (Å²) in [5.41, 5.74) is 1.94. The largest absolute Gasteiger partial charge is 0.378 e. The van der Waals surface area contributed by atoms with Gasteiger partial charge in [0, 0.05) is 32.3 Å². The number of fused-ring (bicyclic) bond motifs is 2. The van der Waals surface area contributed by atoms with E-state index in [2.05, 4.69) is 15.3 Å². The molecule has 1 unspecified atom stereocenters. The minimum Gasteiger partial charge on any atom is -0.378 e. The molecular formula is C18H27N5O3. The number of likely N-dealkylation sites (N-methyl/N-ethyl adjacent to an activating group) is 1. The van der Waals surface area contributed by atoms with E-state index in [0.29, 0.717) is 32.7 Å². The van der Waals surface area contributed by atoms with E-state index < -0.39 is 0 Å². The molecule has 0 bridgehead atoms. The number of hydrogen-bond acceptors (Lipinski definition) is 5. The number of amides is 2. The van der Waals surface area contributed by atoms with Gasteiger partial charge < -0.3 is 19.5 Å². The Labute approximate surface area is 153 Å². The van der Waals surface area contributed by atoms with Crippen molar-refractivity contribution in [2.24, 2.45) is 0 Å². The van der Waals surface area contributed by atoms with Gasteiger partial charge >= 0.3 is 0 Å². The maximum atomic E-state index is 13.0. The molecule has 4 rings (SSSR count). The molecule has 0 aromatic carbocycles. The molecule has 2 fully saturated rings. The maximum Gasteiger partial charge on any atom is 0.242 e. The Morgan fingerprint density at radius 3 is 2.81 bits per heavy atom. The summed E-state index contributed by atoms with van der Waals surface area (Å²) in [6, 6.07) is -0.316. The molecule has 8 heteroatoms. The highest BCUT2D eigenvalue weighted by Crippen LogP contribution is 2.42. The van der Waals surface area contributed by atoms with Crippen LogP contribution < -0.4 is 5.32 Å². The minimum atomic E-state index is -0.316. The zero-order chi connectivity index (χ0) is 18.1. The van der Waals surface area contributed by atoms with Crippen LogP contribution >= 0.6 is 0 Å². The third-order valence-electron chi connectivity index (χ3n) is 5.90. The molecule has 1 aromatic rings. The lowest BCUT2D eigenvalue weighted by molar-refractivity contribution is -0.143. The molecule has 1 saturated carbocycles. The van der Waals surface area contributed by atoms with Gasteiger partial charge in [-0.25, -0.2) is 4.98 Å². The normalized spacial score (nSPS) is 24.5. The highest BCUT2D eigenvalue weighted by Gasteiger charge is 2.46. The number of imidazole rings is 1. The lowest BCUT2D eigenvalue weighted by Gasteiger charge is -2.39. The van der Waals surface area contributed by atoms with Gasteiger partial charge in [0.1, 0.15) is 0 Å². The Balaban J connectivity index is 1.44. The van der Waals surface area contributed by atoms with Crippen molar-refractivity contribution in [1.82, 2.24) is 25.1 Å². The van der Waals surface area contributed by atoms with E-state index in [1.165, 1.54) is 0 Å². The van der Waals surface area contributed by atoms with E-state index in [9.17, 15) is 9.59 Å². The third-order valence-corrected chi connectivity index (χ3v) is 5.90. The van der Waals surface area contributed by atoms with Gasteiger partial charge in [0.2, 0.25) is 11.8 Å². The summed E-state index contributed by atoms with van der Waals surface area (Å²) in [6.07, 6.45) is 6.62. The second kappa shape index (κ2) is 7.00. The molecule has 26 heavy (non-hydrogen) atoms. The van der Waals surface area contributed by atoms with Gasteiger partial charge in [-0.05, 0) is 12.8 Å². The second-order valence-electron chi connectivity index (χ2n) is 7.61. The van der Waals surface area contributed by atoms with Gasteiger partial charge in [-0.2, -0.15) is 0 Å². The molecule has 1 atom stereocenters. The van der Waals surface area contributed by atoms with Crippen LogP contribution in [0.1, 0.15) is 37.1 Å². The van der Waals surface area contributed by atoms with Gasteiger partial charge in [-0.1, -0.05) is 12.8 Å². The van der Waals surface area contributed by atoms with Crippen molar-refractivity contribution < 1.29 is 14.3 Å². The molecule has 3 aliphatic rings. The number of nitrogens with one attached hydrogen (secondary N) is 2. The van der Waals surface area contributed by atoms with Crippen molar-refractivity contribution in [1.29, 1.82) is 0 Å². The van der Waals surface area contributed by atoms with Crippen molar-refractivity contribution in [2.75, 3.05) is 39.9 Å². The highest BCUT2D eigenvalue weighted by molar-refractivity contribution is 5.88. The van der Waals surface area contributed by atoms with Crippen LogP contribution in [-0.2, 0) is 26.3 Å². The Morgan fingerprint density at radius 2 is 2.08 bits per heavy atom. The zero-order valence-electron chi connectivity index (χ0n) is 15.3. The van der Waals surface area contributed by atoms with Crippen LogP contribution in [0.25, 0.3) is 0 Å². The monoisotopic (exact) mass is 361 g/mol. The summed E-state index contributed by atoms with van der Waals surface area (Å²) in [7, 11) is 1.71. The average molecular weight is 361 g/mol. The van der Waals surface area contributed by atoms with E-state index in [1.54, 1.807) is 23.2 Å². The predicted octanol–water partition coefficient (Wildman–Crippen LogP) is 0.0105. The Hall–Kier alpha value is -1.93. The number of ether oxygens (including phenoxy) is 1. The van der Waals surface area contributed by atoms with Crippen LogP contribution in [-0.4, -0.2) is 77.5 Å². The Kier molecular flexibility index (Phi) is 4.71. The fraction of sp³-hybridized carbons (Fsp3) is 0.722. The van der Waals surface area contributed by atoms with E-state index >= 15 is 0 Å². The predicted molar refractivity (Wildman–Crippen MR) is 94.4 cm³/mol. The van der Waals surface area contributed by atoms with Crippen LogP contribution in [0, 0.1) is 0 Å². The first kappa shape index (κ1) is 17.5. The van der Waals surface area contributed by atoms with Crippen molar-refractivity contribution in [3.63, 3.8) is 0 Å². The van der Waals surface area contributed by atoms with Crippen LogP contribution in [0.2, 0.25) is 0 Å². The SMILES string of the molecule is CN(CC(=O)N1CCOCC1)C(=O)C1Cc2[nH]cnc2C2(CCCC2)N1. The fourth-order valence-electron chi connectivity index (χ4n) is 4.51. The van der Waals surface area contributed by atoms with Crippen molar-refractivity contribution >= 4 is 11.8 Å². The number of nitrogens with zero attached hydrogens (tertiary/aromatic N) is 3. The fourth-order valence-corrected chi connectivity index (χ4v) is 4.51. The molecule has 2 N–H and O–H groups in total. The van der Waals surface area contributed by atoms with Crippen LogP contribution in [0.5, 0.6) is 0 Å². The van der Waals surface area contributed by atoms with Gasteiger partial charge in [-0.15, -0.1) is 0 Å². The van der Waals surface area contributed by atoms with Crippen LogP contribution in [0.4, 0.5) is 0 Å². The summed E-state index contributed by atoms with van der Waals surface area (Å²) in [4.78, 5) is 36.5. The minimum absolute atomic E-state index is 0.0160. The lowest BCUT2D eigenvalue weighted by Crippen LogP contribution is -2.58. The Bertz CT molecular complexity index is 676. The number of morpholine rings is 1. The first-order valence-electron chi connectivity index (χ1n) is 9.50. The third kappa shape index (κ3) is 3.12. The molecule has 1 spiro atoms. The number of hydrogen-bond donors (Lipinski definition) is 2. The average Bonchev–Trinajstić information content (AvgIpc) is 3.32. The zero-order valence-corrected chi connectivity index (χ0v) is 15.3. The second-order valence-corrected chi connectivity index (χ2v) is 7.61. The van der Waals surface area contributed by atoms with Crippen molar-refractivity contribution in [3.8, 4) is 0 Å². The molecule has 1 aromatic heterocycles. The first-order valence-corrected chi connectivity index (χ1v) is 9.50. The van der Waals surface area contributed by atoms with Gasteiger partial charge in [-0.3, -0.25) is 14.9 Å². The van der Waals surface area contributed by atoms with Crippen LogP contribution in [0.15, 0.2) is 6.33 Å². The maximum absolute atomic E-state index is 13.0. The number of carbonyl (C=O) groups is 2. The molecule has 3 heterocycles. The van der Waals surface area contributed by atoms with Gasteiger partial charge in [0.05, 0.1) is 43.4 Å². The molecule has 142 valence electrons. The molecule has 8 nitrogen and oxygen atoms in total. The number of H-pyrrole nitrogens is 1. The van der Waals surface area contributed by atoms with E-state index in [1.807, 2.05) is 0 Å². The first-order chi connectivity index (χ1) is 12.6. The smallest absolute Gasteiger partial charge is 0.242 e. The topological polar surface area (TPSA) is 90.6 Å². The molecule has 1 saturated heterocycles. The summed E-state index contributed by atoms with van der Waals surface area (Å²) in [6.45, 7) is 2.45. The summed E-state index contributed by atoms with van der Waals surface area (Å²) in [5.74, 6) is -0.0455. The lowest BCUT2D eigenvalue weighted by atomic mass is 9.84. The van der Waals surface area contributed by atoms with E-state index in [4.69, 9.17) is 4.74 Å². The summed E-state index contributed by atoms with van der Waals surface area (Å²) in [5, 5.41) is 3.59. The van der Waals surface area contributed by atoms with Crippen LogP contribution in [0.3, 0.4) is 0 Å². The van der Waals surface area contributed by atoms with Gasteiger partial charge in [0.25, 0.3) is 0 Å². The molecule has 1 aliphatic carbocycles. The Morgan fingerprint density at radius 1 is 1.35 bits per heavy atom. The van der Waals surface area contributed by atoms with Crippen molar-refractivity contribution in [2.45, 2.75) is 43.7 Å². The summed E-state index contributed by atoms with van der Waals surface area (Å²) >= 11 is 0. The molecular weight excluding hydrogens is 334 g/mol. The number of aromatic nitrogens is 2. The standard InChI is InChI=1S/C18H27N5O3/c1-22(11-15(24)23-6-8-26-9-7-23)17(25)14-10-13-16(20-12-19-13)18(21-14)4-2-3-5-18/h12,14,21H,2-11H2,1H3,(H,19,20). The quantitative estimate of drug-likeness (QED) is 0.792. The highest BCUT2D eigenvalue weighted by atomic mass is 16.5. The summed E-state index contributed by atoms with van der Waals surface area (Å²) < 4.78 is 5.28.